The van der Waals surface area contributed by atoms with Crippen LogP contribution in [0, 0.1) is 5.82 Å². The van der Waals surface area contributed by atoms with Crippen molar-refractivity contribution < 1.29 is 14.0 Å². The van der Waals surface area contributed by atoms with E-state index < -0.39 is 12.1 Å². The molecule has 0 aliphatic heterocycles. The maximum Gasteiger partial charge on any atom is 0.123 e. The van der Waals surface area contributed by atoms with Crippen molar-refractivity contribution in [1.29, 1.82) is 0 Å². The molecule has 2 aromatic heterocycles. The summed E-state index contributed by atoms with van der Waals surface area (Å²) in [4.78, 5) is 0. The molecule has 51 heavy (non-hydrogen) atoms. The van der Waals surface area contributed by atoms with Crippen molar-refractivity contribution in [1.82, 2.24) is 9.13 Å². The standard InChI is InChI=1S/C48H31FN2/c49-37-24-18-32(19-25-37)33-20-26-39(27-21-33)50-44-16-8-7-14-41(44)42-30-35(22-28-45(42)50)36-23-29-46-43(31-36)48-40(34-10-3-1-4-11-34)15-9-17-47(48)51(46)38-12-5-2-6-13-38/h1-31H/i7D,8D,14D,16D,22D,28D,30D. The van der Waals surface area contributed by atoms with Gasteiger partial charge in [0.2, 0.25) is 0 Å². The number of fused-ring (bicyclic) bond motifs is 6. The van der Waals surface area contributed by atoms with Gasteiger partial charge in [0.1, 0.15) is 5.82 Å². The lowest BCUT2D eigenvalue weighted by atomic mass is 9.97. The van der Waals surface area contributed by atoms with E-state index >= 15 is 0 Å². The minimum Gasteiger partial charge on any atom is -0.309 e. The molecule has 2 heterocycles. The molecule has 0 atom stereocenters. The molecular formula is C48H31FN2. The topological polar surface area (TPSA) is 9.86 Å². The predicted molar refractivity (Wildman–Crippen MR) is 211 cm³/mol. The maximum atomic E-state index is 13.7. The van der Waals surface area contributed by atoms with Crippen LogP contribution in [0.1, 0.15) is 9.60 Å². The van der Waals surface area contributed by atoms with Gasteiger partial charge < -0.3 is 9.13 Å². The number of hydrogen-bond donors (Lipinski definition) is 0. The van der Waals surface area contributed by atoms with Crippen LogP contribution in [0.25, 0.3) is 88.4 Å². The third kappa shape index (κ3) is 4.78. The summed E-state index contributed by atoms with van der Waals surface area (Å²) in [6.45, 7) is 0. The summed E-state index contributed by atoms with van der Waals surface area (Å²) < 4.78 is 81.7. The van der Waals surface area contributed by atoms with E-state index in [1.807, 2.05) is 72.8 Å². The van der Waals surface area contributed by atoms with Crippen molar-refractivity contribution in [3.05, 3.63) is 194 Å². The number of nitrogens with zero attached hydrogens (tertiary/aromatic N) is 2. The van der Waals surface area contributed by atoms with E-state index in [0.29, 0.717) is 11.3 Å². The lowest BCUT2D eigenvalue weighted by Gasteiger charge is -2.10. The SMILES string of the molecule is [2H]c1c([2H])c([2H])c2c(c1[2H])c1c([2H])c(-c3ccc4c(c3)c3c(-c5ccccc5)cccc3n4-c3ccccc3)c([2H])c([2H])c1n2-c1ccc(-c2ccc(F)cc2)cc1. The zero-order chi connectivity index (χ0) is 40.0. The van der Waals surface area contributed by atoms with E-state index in [0.717, 1.165) is 49.7 Å². The molecular weight excluding hydrogens is 624 g/mol. The second kappa shape index (κ2) is 11.7. The molecule has 0 radical (unpaired) electrons. The van der Waals surface area contributed by atoms with Crippen molar-refractivity contribution in [3.63, 3.8) is 0 Å². The Morgan fingerprint density at radius 2 is 1.06 bits per heavy atom. The second-order valence-electron chi connectivity index (χ2n) is 12.6. The van der Waals surface area contributed by atoms with Gasteiger partial charge in [-0.25, -0.2) is 4.39 Å². The highest BCUT2D eigenvalue weighted by molar-refractivity contribution is 6.17. The van der Waals surface area contributed by atoms with Crippen molar-refractivity contribution in [3.8, 4) is 44.8 Å². The fraction of sp³-hybridized carbons (Fsp3) is 0. The second-order valence-corrected chi connectivity index (χ2v) is 12.6. The molecule has 0 saturated carbocycles. The Bertz CT molecular complexity index is 3280. The Balaban J connectivity index is 1.27. The van der Waals surface area contributed by atoms with Gasteiger partial charge in [-0.2, -0.15) is 0 Å². The Kier molecular flexibility index (Phi) is 5.25. The summed E-state index contributed by atoms with van der Waals surface area (Å²) in [6.07, 6.45) is 0. The van der Waals surface area contributed by atoms with Crippen LogP contribution in [0.3, 0.4) is 0 Å². The number of halogens is 1. The van der Waals surface area contributed by atoms with E-state index in [1.165, 1.54) is 12.1 Å². The monoisotopic (exact) mass is 661 g/mol. The van der Waals surface area contributed by atoms with Crippen LogP contribution in [-0.2, 0) is 0 Å². The first-order valence-corrected chi connectivity index (χ1v) is 16.7. The Morgan fingerprint density at radius 3 is 1.84 bits per heavy atom. The number of hydrogen-bond acceptors (Lipinski definition) is 0. The van der Waals surface area contributed by atoms with Crippen LogP contribution in [0.4, 0.5) is 4.39 Å². The van der Waals surface area contributed by atoms with Crippen LogP contribution >= 0.6 is 0 Å². The predicted octanol–water partition coefficient (Wildman–Crippen LogP) is 13.0. The first kappa shape index (κ1) is 22.8. The minimum absolute atomic E-state index is 0.108. The van der Waals surface area contributed by atoms with Gasteiger partial charge in [-0.15, -0.1) is 0 Å². The highest BCUT2D eigenvalue weighted by Gasteiger charge is 2.18. The van der Waals surface area contributed by atoms with E-state index in [-0.39, 0.29) is 63.4 Å². The molecule has 2 nitrogen and oxygen atoms in total. The van der Waals surface area contributed by atoms with Crippen LogP contribution in [0.2, 0.25) is 0 Å². The average Bonchev–Trinajstić information content (AvgIpc) is 3.79. The first-order valence-electron chi connectivity index (χ1n) is 20.2. The van der Waals surface area contributed by atoms with Crippen LogP contribution in [-0.4, -0.2) is 9.13 Å². The lowest BCUT2D eigenvalue weighted by Crippen LogP contribution is -1.94. The normalized spacial score (nSPS) is 13.5. The van der Waals surface area contributed by atoms with Gasteiger partial charge in [0.15, 0.2) is 0 Å². The highest BCUT2D eigenvalue weighted by Crippen LogP contribution is 2.41. The Morgan fingerprint density at radius 1 is 0.412 bits per heavy atom. The molecule has 0 spiro atoms. The molecule has 10 rings (SSSR count). The summed E-state index contributed by atoms with van der Waals surface area (Å²) in [5, 5.41) is 2.16. The largest absolute Gasteiger partial charge is 0.309 e. The van der Waals surface area contributed by atoms with Crippen molar-refractivity contribution >= 4 is 43.6 Å². The summed E-state index contributed by atoms with van der Waals surface area (Å²) in [5.74, 6) is -0.352. The molecule has 0 aliphatic carbocycles. The van der Waals surface area contributed by atoms with Crippen molar-refractivity contribution in [2.24, 2.45) is 0 Å². The summed E-state index contributed by atoms with van der Waals surface area (Å²) in [7, 11) is 0. The van der Waals surface area contributed by atoms with Crippen LogP contribution in [0.15, 0.2) is 188 Å². The van der Waals surface area contributed by atoms with Crippen LogP contribution < -0.4 is 0 Å². The van der Waals surface area contributed by atoms with Gasteiger partial charge in [-0.1, -0.05) is 115 Å². The third-order valence-electron chi connectivity index (χ3n) is 9.64. The Hall–Kier alpha value is -6.71. The van der Waals surface area contributed by atoms with Crippen LogP contribution in [0.5, 0.6) is 0 Å². The molecule has 0 amide bonds. The molecule has 0 saturated heterocycles. The van der Waals surface area contributed by atoms with E-state index in [2.05, 4.69) is 41.0 Å². The summed E-state index contributed by atoms with van der Waals surface area (Å²) in [6, 6.07) is 43.5. The van der Waals surface area contributed by atoms with E-state index in [9.17, 15) is 8.50 Å². The number of para-hydroxylation sites is 2. The smallest absolute Gasteiger partial charge is 0.123 e. The van der Waals surface area contributed by atoms with Gasteiger partial charge >= 0.3 is 0 Å². The Labute approximate surface area is 304 Å². The number of aromatic nitrogens is 2. The molecule has 10 aromatic rings. The molecule has 0 N–H and O–H groups in total. The van der Waals surface area contributed by atoms with Gasteiger partial charge in [-0.05, 0) is 106 Å². The number of rotatable bonds is 5. The molecule has 0 bridgehead atoms. The molecule has 0 fully saturated rings. The van der Waals surface area contributed by atoms with Gasteiger partial charge in [0.25, 0.3) is 0 Å². The molecule has 8 aromatic carbocycles. The summed E-state index contributed by atoms with van der Waals surface area (Å²) >= 11 is 0. The quantitative estimate of drug-likeness (QED) is 0.174. The highest BCUT2D eigenvalue weighted by atomic mass is 19.1. The average molecular weight is 662 g/mol. The molecule has 0 aliphatic rings. The molecule has 0 unspecified atom stereocenters. The zero-order valence-corrected chi connectivity index (χ0v) is 27.1. The van der Waals surface area contributed by atoms with Crippen molar-refractivity contribution in [2.45, 2.75) is 0 Å². The minimum atomic E-state index is -0.450. The van der Waals surface area contributed by atoms with E-state index in [1.54, 1.807) is 28.8 Å². The number of benzene rings is 8. The maximum absolute atomic E-state index is 13.7. The van der Waals surface area contributed by atoms with E-state index in [4.69, 9.17) is 5.48 Å². The van der Waals surface area contributed by atoms with Gasteiger partial charge in [0, 0.05) is 32.9 Å². The van der Waals surface area contributed by atoms with Gasteiger partial charge in [-0.3, -0.25) is 0 Å². The lowest BCUT2D eigenvalue weighted by molar-refractivity contribution is 0.628. The van der Waals surface area contributed by atoms with Crippen molar-refractivity contribution in [2.75, 3.05) is 0 Å². The fourth-order valence-corrected chi connectivity index (χ4v) is 7.30. The molecule has 240 valence electrons. The third-order valence-corrected chi connectivity index (χ3v) is 9.64. The zero-order valence-electron chi connectivity index (χ0n) is 34.1. The summed E-state index contributed by atoms with van der Waals surface area (Å²) in [5.41, 5.74) is 7.99. The van der Waals surface area contributed by atoms with Gasteiger partial charge in [0.05, 0.1) is 31.7 Å². The first-order chi connectivity index (χ1) is 28.1. The fourth-order valence-electron chi connectivity index (χ4n) is 7.30. The molecule has 3 heteroatoms.